The van der Waals surface area contributed by atoms with E-state index < -0.39 is 0 Å². The van der Waals surface area contributed by atoms with Crippen molar-refractivity contribution in [3.8, 4) is 0 Å². The molecule has 0 radical (unpaired) electrons. The summed E-state index contributed by atoms with van der Waals surface area (Å²) in [5.74, 6) is 1.13. The number of aliphatic hydroxyl groups is 1. The normalized spacial score (nSPS) is 29.8. The Bertz CT molecular complexity index is 423. The second-order valence-corrected chi connectivity index (χ2v) is 5.68. The second kappa shape index (κ2) is 5.47. The molecule has 2 bridgehead atoms. The van der Waals surface area contributed by atoms with Crippen molar-refractivity contribution in [1.29, 1.82) is 0 Å². The molecule has 3 heterocycles. The van der Waals surface area contributed by atoms with Crippen molar-refractivity contribution < 1.29 is 5.11 Å². The van der Waals surface area contributed by atoms with Crippen molar-refractivity contribution in [1.82, 2.24) is 10.3 Å². The molecule has 0 aliphatic carbocycles. The summed E-state index contributed by atoms with van der Waals surface area (Å²) < 4.78 is 0. The summed E-state index contributed by atoms with van der Waals surface area (Å²) in [7, 11) is 0. The molecule has 0 amide bonds. The van der Waals surface area contributed by atoms with Gasteiger partial charge in [0.2, 0.25) is 0 Å². The molecular formula is C15H23N3O. The highest BCUT2D eigenvalue weighted by molar-refractivity contribution is 5.50. The first kappa shape index (κ1) is 12.9. The van der Waals surface area contributed by atoms with E-state index in [0.717, 1.165) is 31.7 Å². The maximum absolute atomic E-state index is 9.91. The van der Waals surface area contributed by atoms with Gasteiger partial charge in [-0.1, -0.05) is 13.0 Å². The number of piperidine rings is 1. The number of hydrogen-bond donors (Lipinski definition) is 2. The molecule has 2 saturated heterocycles. The van der Waals surface area contributed by atoms with E-state index in [1.165, 1.54) is 18.4 Å². The molecule has 4 heteroatoms. The molecule has 4 nitrogen and oxygen atoms in total. The van der Waals surface area contributed by atoms with Crippen LogP contribution in [0.15, 0.2) is 18.3 Å². The minimum Gasteiger partial charge on any atom is -0.393 e. The van der Waals surface area contributed by atoms with Crippen LogP contribution in [0.1, 0.15) is 38.2 Å². The minimum atomic E-state index is -0.116. The highest BCUT2D eigenvalue weighted by Crippen LogP contribution is 2.39. The predicted octanol–water partition coefficient (Wildman–Crippen LogP) is 1.68. The van der Waals surface area contributed by atoms with Gasteiger partial charge in [-0.3, -0.25) is 0 Å². The van der Waals surface area contributed by atoms with E-state index in [-0.39, 0.29) is 6.10 Å². The maximum atomic E-state index is 9.91. The topological polar surface area (TPSA) is 48.4 Å². The maximum Gasteiger partial charge on any atom is 0.133 e. The second-order valence-electron chi connectivity index (χ2n) is 5.68. The average Bonchev–Trinajstić information content (AvgIpc) is 2.68. The SMILES string of the molecule is CCNCc1cccnc1N1C2CCC1CC(O)C2. The zero-order valence-electron chi connectivity index (χ0n) is 11.5. The Morgan fingerprint density at radius 1 is 1.37 bits per heavy atom. The molecule has 2 N–H and O–H groups in total. The molecule has 2 aliphatic rings. The van der Waals surface area contributed by atoms with Crippen LogP contribution in [0.5, 0.6) is 0 Å². The molecule has 2 atom stereocenters. The van der Waals surface area contributed by atoms with E-state index in [1.807, 2.05) is 12.3 Å². The summed E-state index contributed by atoms with van der Waals surface area (Å²) in [5.41, 5.74) is 1.28. The number of hydrogen-bond acceptors (Lipinski definition) is 4. The fraction of sp³-hybridized carbons (Fsp3) is 0.667. The van der Waals surface area contributed by atoms with E-state index >= 15 is 0 Å². The predicted molar refractivity (Wildman–Crippen MR) is 76.1 cm³/mol. The van der Waals surface area contributed by atoms with Gasteiger partial charge in [-0.15, -0.1) is 0 Å². The van der Waals surface area contributed by atoms with E-state index in [9.17, 15) is 5.11 Å². The monoisotopic (exact) mass is 261 g/mol. The molecule has 0 aromatic carbocycles. The molecule has 0 spiro atoms. The van der Waals surface area contributed by atoms with Crippen LogP contribution in [0.2, 0.25) is 0 Å². The number of rotatable bonds is 4. The molecule has 0 saturated carbocycles. The Balaban J connectivity index is 1.86. The zero-order chi connectivity index (χ0) is 13.2. The zero-order valence-corrected chi connectivity index (χ0v) is 11.5. The van der Waals surface area contributed by atoms with Crippen LogP contribution < -0.4 is 10.2 Å². The van der Waals surface area contributed by atoms with E-state index in [0.29, 0.717) is 12.1 Å². The van der Waals surface area contributed by atoms with Crippen molar-refractivity contribution in [3.63, 3.8) is 0 Å². The molecule has 104 valence electrons. The summed E-state index contributed by atoms with van der Waals surface area (Å²) in [6.07, 6.45) is 5.95. The number of nitrogens with zero attached hydrogens (tertiary/aromatic N) is 2. The number of pyridine rings is 1. The largest absolute Gasteiger partial charge is 0.393 e. The first-order chi connectivity index (χ1) is 9.29. The highest BCUT2D eigenvalue weighted by atomic mass is 16.3. The lowest BCUT2D eigenvalue weighted by Crippen LogP contribution is -2.45. The van der Waals surface area contributed by atoms with Crippen LogP contribution in [0.4, 0.5) is 5.82 Å². The summed E-state index contributed by atoms with van der Waals surface area (Å²) in [6.45, 7) is 3.97. The highest BCUT2D eigenvalue weighted by Gasteiger charge is 2.41. The third kappa shape index (κ3) is 2.47. The van der Waals surface area contributed by atoms with Gasteiger partial charge in [0.1, 0.15) is 5.82 Å². The lowest BCUT2D eigenvalue weighted by molar-refractivity contribution is 0.126. The van der Waals surface area contributed by atoms with Crippen LogP contribution in [-0.4, -0.2) is 34.8 Å². The average molecular weight is 261 g/mol. The van der Waals surface area contributed by atoms with Crippen molar-refractivity contribution in [2.24, 2.45) is 0 Å². The molecule has 2 unspecified atom stereocenters. The number of aliphatic hydroxyl groups excluding tert-OH is 1. The van der Waals surface area contributed by atoms with E-state index in [2.05, 4.69) is 28.2 Å². The first-order valence-electron chi connectivity index (χ1n) is 7.40. The molecule has 3 rings (SSSR count). The van der Waals surface area contributed by atoms with E-state index in [1.54, 1.807) is 0 Å². The van der Waals surface area contributed by atoms with Crippen molar-refractivity contribution >= 4 is 5.82 Å². The third-order valence-corrected chi connectivity index (χ3v) is 4.39. The third-order valence-electron chi connectivity index (χ3n) is 4.39. The van der Waals surface area contributed by atoms with Crippen molar-refractivity contribution in [3.05, 3.63) is 23.9 Å². The fourth-order valence-electron chi connectivity index (χ4n) is 3.55. The lowest BCUT2D eigenvalue weighted by Gasteiger charge is -2.39. The van der Waals surface area contributed by atoms with Gasteiger partial charge >= 0.3 is 0 Å². The van der Waals surface area contributed by atoms with Gasteiger partial charge in [-0.25, -0.2) is 4.98 Å². The molecule has 2 fully saturated rings. The van der Waals surface area contributed by atoms with Gasteiger partial charge in [0.05, 0.1) is 6.10 Å². The van der Waals surface area contributed by atoms with Crippen LogP contribution in [-0.2, 0) is 6.54 Å². The van der Waals surface area contributed by atoms with Gasteiger partial charge < -0.3 is 15.3 Å². The summed E-state index contributed by atoms with van der Waals surface area (Å²) in [5, 5.41) is 13.3. The Kier molecular flexibility index (Phi) is 3.71. The Morgan fingerprint density at radius 2 is 2.11 bits per heavy atom. The Hall–Kier alpha value is -1.13. The van der Waals surface area contributed by atoms with Gasteiger partial charge in [0, 0.05) is 30.4 Å². The van der Waals surface area contributed by atoms with Crippen LogP contribution in [0.3, 0.4) is 0 Å². The smallest absolute Gasteiger partial charge is 0.133 e. The Labute approximate surface area is 114 Å². The standard InChI is InChI=1S/C15H23N3O/c1-2-16-10-11-4-3-7-17-15(11)18-12-5-6-13(18)9-14(19)8-12/h3-4,7,12-14,16,19H,2,5-6,8-10H2,1H3. The number of nitrogens with one attached hydrogen (secondary N) is 1. The summed E-state index contributed by atoms with van der Waals surface area (Å²) in [4.78, 5) is 7.10. The van der Waals surface area contributed by atoms with Crippen LogP contribution in [0, 0.1) is 0 Å². The molecule has 19 heavy (non-hydrogen) atoms. The van der Waals surface area contributed by atoms with Crippen molar-refractivity contribution in [2.45, 2.75) is 57.3 Å². The number of aromatic nitrogens is 1. The molecular weight excluding hydrogens is 238 g/mol. The summed E-state index contributed by atoms with van der Waals surface area (Å²) in [6, 6.07) is 5.12. The van der Waals surface area contributed by atoms with Crippen LogP contribution >= 0.6 is 0 Å². The van der Waals surface area contributed by atoms with Crippen molar-refractivity contribution in [2.75, 3.05) is 11.4 Å². The Morgan fingerprint density at radius 3 is 2.79 bits per heavy atom. The molecule has 2 aliphatic heterocycles. The minimum absolute atomic E-state index is 0.116. The van der Waals surface area contributed by atoms with E-state index in [4.69, 9.17) is 0 Å². The van der Waals surface area contributed by atoms with Gasteiger partial charge in [0.15, 0.2) is 0 Å². The fourth-order valence-corrected chi connectivity index (χ4v) is 3.55. The molecule has 1 aromatic heterocycles. The summed E-state index contributed by atoms with van der Waals surface area (Å²) >= 11 is 0. The van der Waals surface area contributed by atoms with Gasteiger partial charge in [-0.05, 0) is 38.3 Å². The van der Waals surface area contributed by atoms with Crippen LogP contribution in [0.25, 0.3) is 0 Å². The van der Waals surface area contributed by atoms with Gasteiger partial charge in [-0.2, -0.15) is 0 Å². The first-order valence-corrected chi connectivity index (χ1v) is 7.40. The number of anilines is 1. The lowest BCUT2D eigenvalue weighted by atomic mass is 9.99. The quantitative estimate of drug-likeness (QED) is 0.866. The van der Waals surface area contributed by atoms with Gasteiger partial charge in [0.25, 0.3) is 0 Å². The number of fused-ring (bicyclic) bond motifs is 2. The molecule has 1 aromatic rings.